The van der Waals surface area contributed by atoms with Crippen molar-refractivity contribution in [3.63, 3.8) is 0 Å². The number of hydrogen-bond acceptors (Lipinski definition) is 6. The maximum Gasteiger partial charge on any atom is 0.533 e. The Bertz CT molecular complexity index is 368. The summed E-state index contributed by atoms with van der Waals surface area (Å²) < 4.78 is 23.1. The molecule has 0 aromatic heterocycles. The molecule has 0 heterocycles. The van der Waals surface area contributed by atoms with Crippen molar-refractivity contribution in [2.24, 2.45) is 0 Å². The van der Waals surface area contributed by atoms with Crippen LogP contribution in [0.3, 0.4) is 0 Å². The van der Waals surface area contributed by atoms with Crippen LogP contribution in [0, 0.1) is 0 Å². The third kappa shape index (κ3) is 7.13. The predicted octanol–water partition coefficient (Wildman–Crippen LogP) is 2.75. The van der Waals surface area contributed by atoms with Crippen molar-refractivity contribution in [3.05, 3.63) is 10.8 Å². The van der Waals surface area contributed by atoms with Crippen LogP contribution >= 0.6 is 0 Å². The molecule has 23 heavy (non-hydrogen) atoms. The van der Waals surface area contributed by atoms with E-state index >= 15 is 0 Å². The minimum absolute atomic E-state index is 0.238. The smallest absolute Gasteiger partial charge is 0.446 e. The van der Waals surface area contributed by atoms with Gasteiger partial charge in [0.1, 0.15) is 6.73 Å². The van der Waals surface area contributed by atoms with E-state index in [1.54, 1.807) is 11.8 Å². The molecular formula is C16H33NO5Si. The number of hydrogen-bond donors (Lipinski definition) is 0. The molecular weight excluding hydrogens is 314 g/mol. The minimum Gasteiger partial charge on any atom is -0.446 e. The first-order valence-corrected chi connectivity index (χ1v) is 10.0. The Kier molecular flexibility index (Phi) is 11.4. The average molecular weight is 348 g/mol. The van der Waals surface area contributed by atoms with E-state index in [0.717, 1.165) is 11.6 Å². The van der Waals surface area contributed by atoms with Crippen LogP contribution in [0.25, 0.3) is 0 Å². The van der Waals surface area contributed by atoms with E-state index in [-0.39, 0.29) is 12.7 Å². The Balaban J connectivity index is 5.71. The van der Waals surface area contributed by atoms with Gasteiger partial charge in [-0.15, -0.1) is 0 Å². The van der Waals surface area contributed by atoms with Crippen molar-refractivity contribution in [2.45, 2.75) is 47.5 Å². The third-order valence-electron chi connectivity index (χ3n) is 3.09. The summed E-state index contributed by atoms with van der Waals surface area (Å²) >= 11 is 0. The lowest BCUT2D eigenvalue weighted by molar-refractivity contribution is -0.142. The Morgan fingerprint density at radius 1 is 0.957 bits per heavy atom. The lowest BCUT2D eigenvalue weighted by Gasteiger charge is -2.31. The van der Waals surface area contributed by atoms with Gasteiger partial charge in [-0.25, -0.2) is 4.79 Å². The highest BCUT2D eigenvalue weighted by Gasteiger charge is 2.46. The Morgan fingerprint density at radius 3 is 1.78 bits per heavy atom. The van der Waals surface area contributed by atoms with Crippen molar-refractivity contribution in [1.29, 1.82) is 0 Å². The second-order valence-electron chi connectivity index (χ2n) is 5.35. The zero-order chi connectivity index (χ0) is 17.9. The number of carbonyl (C=O) groups is 1. The second kappa shape index (κ2) is 11.7. The van der Waals surface area contributed by atoms with Gasteiger partial charge in [0.2, 0.25) is 0 Å². The summed E-state index contributed by atoms with van der Waals surface area (Å²) in [6.45, 7) is 11.2. The van der Waals surface area contributed by atoms with E-state index in [9.17, 15) is 4.79 Å². The van der Waals surface area contributed by atoms with Gasteiger partial charge >= 0.3 is 14.8 Å². The van der Waals surface area contributed by atoms with Gasteiger partial charge < -0.3 is 18.0 Å². The monoisotopic (exact) mass is 347 g/mol. The fourth-order valence-electron chi connectivity index (χ4n) is 2.20. The van der Waals surface area contributed by atoms with Crippen molar-refractivity contribution in [1.82, 2.24) is 4.90 Å². The quantitative estimate of drug-likeness (QED) is 0.234. The van der Waals surface area contributed by atoms with E-state index in [0.29, 0.717) is 31.8 Å². The van der Waals surface area contributed by atoms with Crippen LogP contribution in [0.2, 0.25) is 0 Å². The zero-order valence-electron chi connectivity index (χ0n) is 15.7. The maximum atomic E-state index is 12.4. The topological polar surface area (TPSA) is 57.2 Å². The van der Waals surface area contributed by atoms with Crippen molar-refractivity contribution < 1.29 is 22.8 Å². The highest BCUT2D eigenvalue weighted by atomic mass is 28.4. The molecule has 0 rings (SSSR count). The van der Waals surface area contributed by atoms with Crippen LogP contribution in [0.5, 0.6) is 0 Å². The van der Waals surface area contributed by atoms with Crippen LogP contribution in [-0.2, 0) is 22.8 Å². The van der Waals surface area contributed by atoms with Crippen molar-refractivity contribution >= 4 is 14.8 Å². The van der Waals surface area contributed by atoms with Gasteiger partial charge in [-0.2, -0.15) is 0 Å². The summed E-state index contributed by atoms with van der Waals surface area (Å²) in [6.07, 6.45) is 1.56. The molecule has 136 valence electrons. The van der Waals surface area contributed by atoms with Gasteiger partial charge in [-0.1, -0.05) is 13.3 Å². The fourth-order valence-corrected chi connectivity index (χ4v) is 5.23. The summed E-state index contributed by atoms with van der Waals surface area (Å²) in [5, 5.41) is 0.828. The largest absolute Gasteiger partial charge is 0.533 e. The van der Waals surface area contributed by atoms with E-state index in [4.69, 9.17) is 18.0 Å². The first-order chi connectivity index (χ1) is 10.9. The zero-order valence-corrected chi connectivity index (χ0v) is 16.7. The van der Waals surface area contributed by atoms with Crippen LogP contribution in [0.4, 0.5) is 0 Å². The summed E-state index contributed by atoms with van der Waals surface area (Å²) in [6, 6.07) is 0. The SMILES string of the molecule is CCCC(=C(C)C(=O)OCN(C)C)[Si](OCC)(OCC)OCC. The predicted molar refractivity (Wildman–Crippen MR) is 92.9 cm³/mol. The van der Waals surface area contributed by atoms with Gasteiger partial charge in [0.15, 0.2) is 0 Å². The first-order valence-electron chi connectivity index (χ1n) is 8.32. The van der Waals surface area contributed by atoms with Crippen LogP contribution in [-0.4, -0.2) is 60.3 Å². The summed E-state index contributed by atoms with van der Waals surface area (Å²) in [5.41, 5.74) is 0.538. The average Bonchev–Trinajstić information content (AvgIpc) is 2.50. The molecule has 0 bridgehead atoms. The van der Waals surface area contributed by atoms with Crippen LogP contribution in [0.1, 0.15) is 47.5 Å². The number of rotatable bonds is 12. The Labute approximate surface area is 142 Å². The molecule has 0 saturated carbocycles. The normalized spacial score (nSPS) is 13.2. The summed E-state index contributed by atoms with van der Waals surface area (Å²) in [4.78, 5) is 14.2. The molecule has 0 saturated heterocycles. The molecule has 0 aromatic rings. The van der Waals surface area contributed by atoms with Gasteiger partial charge in [0.25, 0.3) is 0 Å². The molecule has 6 nitrogen and oxygen atoms in total. The van der Waals surface area contributed by atoms with E-state index < -0.39 is 8.80 Å². The van der Waals surface area contributed by atoms with Gasteiger partial charge in [-0.3, -0.25) is 4.90 Å². The van der Waals surface area contributed by atoms with Gasteiger partial charge in [0.05, 0.1) is 0 Å². The van der Waals surface area contributed by atoms with Crippen molar-refractivity contribution in [3.8, 4) is 0 Å². The third-order valence-corrected chi connectivity index (χ3v) is 6.46. The summed E-state index contributed by atoms with van der Waals surface area (Å²) in [7, 11) is 0.629. The van der Waals surface area contributed by atoms with Gasteiger partial charge in [0, 0.05) is 30.6 Å². The molecule has 0 aliphatic carbocycles. The highest BCUT2D eigenvalue weighted by molar-refractivity contribution is 6.69. The molecule has 0 N–H and O–H groups in total. The van der Waals surface area contributed by atoms with E-state index in [2.05, 4.69) is 6.92 Å². The van der Waals surface area contributed by atoms with Gasteiger partial charge in [-0.05, 0) is 48.2 Å². The number of esters is 1. The number of nitrogens with zero attached hydrogens (tertiary/aromatic N) is 1. The molecule has 0 fully saturated rings. The van der Waals surface area contributed by atoms with E-state index in [1.165, 1.54) is 0 Å². The van der Waals surface area contributed by atoms with Crippen LogP contribution < -0.4 is 0 Å². The minimum atomic E-state index is -3.06. The molecule has 0 radical (unpaired) electrons. The maximum absolute atomic E-state index is 12.4. The van der Waals surface area contributed by atoms with E-state index in [1.807, 2.05) is 34.9 Å². The molecule has 0 aliphatic heterocycles. The first kappa shape index (κ1) is 22.3. The standard InChI is InChI=1S/C16H33NO5Si/c1-8-12-15(14(5)16(18)19-13-17(6)7)23(20-9-2,21-10-3)22-11-4/h8-13H2,1-7H3. The summed E-state index contributed by atoms with van der Waals surface area (Å²) in [5.74, 6) is -0.349. The number of allylic oxidation sites excluding steroid dienone is 1. The lowest BCUT2D eigenvalue weighted by Crippen LogP contribution is -2.49. The molecule has 0 unspecified atom stereocenters. The molecule has 0 spiro atoms. The molecule has 0 amide bonds. The molecule has 0 aliphatic rings. The Hall–Kier alpha value is -0.733. The highest BCUT2D eigenvalue weighted by Crippen LogP contribution is 2.28. The van der Waals surface area contributed by atoms with Crippen molar-refractivity contribution in [2.75, 3.05) is 40.6 Å². The molecule has 0 aromatic carbocycles. The Morgan fingerprint density at radius 2 is 1.43 bits per heavy atom. The number of carbonyl (C=O) groups excluding carboxylic acids is 1. The number of ether oxygens (including phenoxy) is 1. The lowest BCUT2D eigenvalue weighted by atomic mass is 10.2. The molecule has 7 heteroatoms. The second-order valence-corrected chi connectivity index (χ2v) is 7.93. The fraction of sp³-hybridized carbons (Fsp3) is 0.812. The molecule has 0 atom stereocenters. The van der Waals surface area contributed by atoms with Crippen LogP contribution in [0.15, 0.2) is 10.8 Å².